The van der Waals surface area contributed by atoms with E-state index in [4.69, 9.17) is 19.9 Å². The van der Waals surface area contributed by atoms with Crippen molar-refractivity contribution in [3.63, 3.8) is 0 Å². The van der Waals surface area contributed by atoms with Crippen LogP contribution >= 0.6 is 0 Å². The van der Waals surface area contributed by atoms with Gasteiger partial charge in [0.2, 0.25) is 10.0 Å². The van der Waals surface area contributed by atoms with Crippen LogP contribution < -0.4 is 15.2 Å². The maximum Gasteiger partial charge on any atom is 0.240 e. The van der Waals surface area contributed by atoms with Crippen LogP contribution in [0, 0.1) is 0 Å². The van der Waals surface area contributed by atoms with Gasteiger partial charge in [0.1, 0.15) is 5.75 Å². The Morgan fingerprint density at radius 1 is 1.19 bits per heavy atom. The molecule has 0 fully saturated rings. The van der Waals surface area contributed by atoms with E-state index >= 15 is 0 Å². The Balaban J connectivity index is 2.46. The lowest BCUT2D eigenvalue weighted by Gasteiger charge is -2.10. The van der Waals surface area contributed by atoms with Gasteiger partial charge < -0.3 is 19.9 Å². The maximum atomic E-state index is 12.1. The fourth-order valence-corrected chi connectivity index (χ4v) is 2.66. The fraction of sp³-hybridized carbons (Fsp3) is 0.538. The summed E-state index contributed by atoms with van der Waals surface area (Å²) in [4.78, 5) is 0.119. The van der Waals surface area contributed by atoms with Crippen LogP contribution in [0.2, 0.25) is 0 Å². The summed E-state index contributed by atoms with van der Waals surface area (Å²) in [6, 6.07) is 4.34. The summed E-state index contributed by atoms with van der Waals surface area (Å²) in [6.45, 7) is 1.79. The number of nitrogens with one attached hydrogen (secondary N) is 1. The molecule has 1 aromatic carbocycles. The van der Waals surface area contributed by atoms with E-state index in [0.717, 1.165) is 0 Å². The van der Waals surface area contributed by atoms with Crippen molar-refractivity contribution in [2.45, 2.75) is 11.3 Å². The number of benzene rings is 1. The van der Waals surface area contributed by atoms with Gasteiger partial charge in [-0.05, 0) is 18.6 Å². The van der Waals surface area contributed by atoms with Crippen molar-refractivity contribution < 1.29 is 22.6 Å². The molecule has 0 amide bonds. The number of nitrogen functional groups attached to an aromatic ring is 1. The predicted molar refractivity (Wildman–Crippen MR) is 79.9 cm³/mol. The predicted octanol–water partition coefficient (Wildman–Crippen LogP) is 0.609. The molecule has 0 aliphatic carbocycles. The summed E-state index contributed by atoms with van der Waals surface area (Å²) < 4.78 is 41.8. The first kappa shape index (κ1) is 17.7. The third-order valence-corrected chi connectivity index (χ3v) is 4.16. The quantitative estimate of drug-likeness (QED) is 0.484. The molecule has 0 aliphatic rings. The zero-order valence-electron chi connectivity index (χ0n) is 12.3. The van der Waals surface area contributed by atoms with Gasteiger partial charge in [-0.3, -0.25) is 0 Å². The van der Waals surface area contributed by atoms with Gasteiger partial charge in [-0.15, -0.1) is 0 Å². The zero-order valence-corrected chi connectivity index (χ0v) is 13.1. The summed E-state index contributed by atoms with van der Waals surface area (Å²) in [6.07, 6.45) is 0.578. The van der Waals surface area contributed by atoms with Crippen molar-refractivity contribution >= 4 is 15.7 Å². The molecule has 0 bridgehead atoms. The first-order chi connectivity index (χ1) is 10.0. The summed E-state index contributed by atoms with van der Waals surface area (Å²) in [5, 5.41) is 0. The summed E-state index contributed by atoms with van der Waals surface area (Å²) >= 11 is 0. The Morgan fingerprint density at radius 2 is 1.95 bits per heavy atom. The number of methoxy groups -OCH3 is 2. The molecule has 21 heavy (non-hydrogen) atoms. The summed E-state index contributed by atoms with van der Waals surface area (Å²) in [7, 11) is -0.540. The molecule has 0 aliphatic heterocycles. The van der Waals surface area contributed by atoms with Crippen molar-refractivity contribution in [3.8, 4) is 5.75 Å². The minimum atomic E-state index is -3.57. The molecule has 120 valence electrons. The lowest BCUT2D eigenvalue weighted by Crippen LogP contribution is -2.25. The third kappa shape index (κ3) is 5.88. The van der Waals surface area contributed by atoms with Crippen LogP contribution in [0.3, 0.4) is 0 Å². The smallest absolute Gasteiger partial charge is 0.240 e. The van der Waals surface area contributed by atoms with E-state index in [1.54, 1.807) is 7.11 Å². The molecular formula is C13H22N2O5S. The lowest BCUT2D eigenvalue weighted by molar-refractivity contribution is 0.0699. The molecule has 0 saturated carbocycles. The minimum Gasteiger partial charge on any atom is -0.495 e. The van der Waals surface area contributed by atoms with Gasteiger partial charge in [0.25, 0.3) is 0 Å². The molecule has 0 unspecified atom stereocenters. The van der Waals surface area contributed by atoms with Gasteiger partial charge >= 0.3 is 0 Å². The van der Waals surface area contributed by atoms with Crippen LogP contribution in [-0.4, -0.2) is 49.0 Å². The maximum absolute atomic E-state index is 12.1. The second-order valence-corrected chi connectivity index (χ2v) is 6.03. The fourth-order valence-electron chi connectivity index (χ4n) is 1.57. The Morgan fingerprint density at radius 3 is 2.62 bits per heavy atom. The van der Waals surface area contributed by atoms with E-state index < -0.39 is 10.0 Å². The van der Waals surface area contributed by atoms with E-state index in [2.05, 4.69) is 4.72 Å². The highest BCUT2D eigenvalue weighted by Gasteiger charge is 2.15. The third-order valence-electron chi connectivity index (χ3n) is 2.70. The van der Waals surface area contributed by atoms with Crippen LogP contribution in [0.4, 0.5) is 5.69 Å². The van der Waals surface area contributed by atoms with E-state index in [1.807, 2.05) is 0 Å². The monoisotopic (exact) mass is 318 g/mol. The van der Waals surface area contributed by atoms with Crippen molar-refractivity contribution in [3.05, 3.63) is 18.2 Å². The van der Waals surface area contributed by atoms with Crippen LogP contribution in [0.15, 0.2) is 23.1 Å². The topological polar surface area (TPSA) is 99.9 Å². The standard InChI is InChI=1S/C13H22N2O5S/c1-18-8-9-20-7-3-6-15-21(16,17)11-4-5-12(14)13(10-11)19-2/h4-5,10,15H,3,6-9,14H2,1-2H3. The van der Waals surface area contributed by atoms with Crippen LogP contribution in [0.5, 0.6) is 5.75 Å². The number of ether oxygens (including phenoxy) is 3. The molecule has 0 heterocycles. The first-order valence-corrected chi connectivity index (χ1v) is 7.99. The van der Waals surface area contributed by atoms with Gasteiger partial charge in [-0.2, -0.15) is 0 Å². The molecular weight excluding hydrogens is 296 g/mol. The van der Waals surface area contributed by atoms with Crippen molar-refractivity contribution in [2.24, 2.45) is 0 Å². The number of rotatable bonds is 10. The van der Waals surface area contributed by atoms with E-state index in [9.17, 15) is 8.42 Å². The average Bonchev–Trinajstić information content (AvgIpc) is 2.46. The van der Waals surface area contributed by atoms with Gasteiger partial charge in [0.15, 0.2) is 0 Å². The minimum absolute atomic E-state index is 0.119. The molecule has 0 spiro atoms. The van der Waals surface area contributed by atoms with Gasteiger partial charge in [0, 0.05) is 26.3 Å². The number of anilines is 1. The molecule has 0 atom stereocenters. The second-order valence-electron chi connectivity index (χ2n) is 4.26. The zero-order chi connectivity index (χ0) is 15.7. The number of nitrogens with two attached hydrogens (primary N) is 1. The summed E-state index contributed by atoms with van der Waals surface area (Å²) in [5.41, 5.74) is 6.05. The van der Waals surface area contributed by atoms with Gasteiger partial charge in [0.05, 0.1) is 30.9 Å². The van der Waals surface area contributed by atoms with Crippen molar-refractivity contribution in [1.29, 1.82) is 0 Å². The van der Waals surface area contributed by atoms with Gasteiger partial charge in [-0.1, -0.05) is 0 Å². The molecule has 1 aromatic rings. The number of hydrogen-bond donors (Lipinski definition) is 2. The lowest BCUT2D eigenvalue weighted by atomic mass is 10.3. The van der Waals surface area contributed by atoms with Crippen molar-refractivity contribution in [2.75, 3.05) is 46.3 Å². The summed E-state index contributed by atoms with van der Waals surface area (Å²) in [5.74, 6) is 0.334. The number of sulfonamides is 1. The van der Waals surface area contributed by atoms with E-state index in [0.29, 0.717) is 44.2 Å². The SMILES string of the molecule is COCCOCCCNS(=O)(=O)c1ccc(N)c(OC)c1. The molecule has 0 radical (unpaired) electrons. The number of hydrogen-bond acceptors (Lipinski definition) is 6. The normalized spacial score (nSPS) is 11.5. The Kier molecular flexibility index (Phi) is 7.44. The Bertz CT molecular complexity index is 533. The van der Waals surface area contributed by atoms with Crippen LogP contribution in [0.25, 0.3) is 0 Å². The molecule has 1 rings (SSSR count). The average molecular weight is 318 g/mol. The van der Waals surface area contributed by atoms with E-state index in [-0.39, 0.29) is 4.90 Å². The molecule has 8 heteroatoms. The van der Waals surface area contributed by atoms with E-state index in [1.165, 1.54) is 25.3 Å². The highest BCUT2D eigenvalue weighted by Crippen LogP contribution is 2.24. The molecule has 0 aromatic heterocycles. The highest BCUT2D eigenvalue weighted by molar-refractivity contribution is 7.89. The van der Waals surface area contributed by atoms with Crippen LogP contribution in [0.1, 0.15) is 6.42 Å². The van der Waals surface area contributed by atoms with Crippen molar-refractivity contribution in [1.82, 2.24) is 4.72 Å². The first-order valence-electron chi connectivity index (χ1n) is 6.51. The Labute approximate surface area is 125 Å². The molecule has 7 nitrogen and oxygen atoms in total. The molecule has 3 N–H and O–H groups in total. The molecule has 0 saturated heterocycles. The van der Waals surface area contributed by atoms with Gasteiger partial charge in [-0.25, -0.2) is 13.1 Å². The Hall–Kier alpha value is -1.35. The van der Waals surface area contributed by atoms with Crippen LogP contribution in [-0.2, 0) is 19.5 Å². The second kappa shape index (κ2) is 8.83. The highest BCUT2D eigenvalue weighted by atomic mass is 32.2. The largest absolute Gasteiger partial charge is 0.495 e.